The summed E-state index contributed by atoms with van der Waals surface area (Å²) in [4.78, 5) is 2.56. The first kappa shape index (κ1) is 17.0. The van der Waals surface area contributed by atoms with Gasteiger partial charge in [-0.05, 0) is 36.6 Å². The van der Waals surface area contributed by atoms with Crippen LogP contribution in [0.1, 0.15) is 29.2 Å². The summed E-state index contributed by atoms with van der Waals surface area (Å²) >= 11 is 6.12. The Morgan fingerprint density at radius 3 is 2.40 bits per heavy atom. The van der Waals surface area contributed by atoms with Gasteiger partial charge in [0.1, 0.15) is 0 Å². The second-order valence-corrected chi connectivity index (χ2v) is 7.73. The summed E-state index contributed by atoms with van der Waals surface area (Å²) < 4.78 is 6.19. The molecule has 2 fully saturated rings. The SMILES string of the molecule is Cc1ccc(C(c2ccc(Cl)cc2)N2CCC3(CNCCO3)C2)cc1. The van der Waals surface area contributed by atoms with E-state index in [-0.39, 0.29) is 11.6 Å². The van der Waals surface area contributed by atoms with Gasteiger partial charge in [-0.15, -0.1) is 0 Å². The molecular weight excluding hydrogens is 332 g/mol. The van der Waals surface area contributed by atoms with Crippen LogP contribution < -0.4 is 5.32 Å². The average Bonchev–Trinajstić information content (AvgIpc) is 3.02. The molecule has 0 saturated carbocycles. The second kappa shape index (κ2) is 7.08. The highest BCUT2D eigenvalue weighted by Gasteiger charge is 2.43. The molecule has 2 aromatic carbocycles. The lowest BCUT2D eigenvalue weighted by atomic mass is 9.96. The van der Waals surface area contributed by atoms with Crippen molar-refractivity contribution in [1.29, 1.82) is 0 Å². The van der Waals surface area contributed by atoms with Gasteiger partial charge >= 0.3 is 0 Å². The van der Waals surface area contributed by atoms with Crippen molar-refractivity contribution >= 4 is 11.6 Å². The van der Waals surface area contributed by atoms with E-state index in [4.69, 9.17) is 16.3 Å². The number of rotatable bonds is 3. The number of nitrogens with one attached hydrogen (secondary N) is 1. The maximum Gasteiger partial charge on any atom is 0.0945 e. The van der Waals surface area contributed by atoms with E-state index in [1.807, 2.05) is 12.1 Å². The molecule has 3 nitrogen and oxygen atoms in total. The molecule has 0 bridgehead atoms. The van der Waals surface area contributed by atoms with E-state index in [1.165, 1.54) is 16.7 Å². The number of aryl methyl sites for hydroxylation is 1. The third-order valence-electron chi connectivity index (χ3n) is 5.42. The maximum atomic E-state index is 6.19. The van der Waals surface area contributed by atoms with Gasteiger partial charge in [-0.2, -0.15) is 0 Å². The maximum absolute atomic E-state index is 6.19. The van der Waals surface area contributed by atoms with Crippen LogP contribution in [-0.2, 0) is 4.74 Å². The molecule has 2 atom stereocenters. The number of likely N-dealkylation sites (tertiary alicyclic amines) is 1. The van der Waals surface area contributed by atoms with Crippen molar-refractivity contribution in [3.8, 4) is 0 Å². The molecule has 25 heavy (non-hydrogen) atoms. The highest BCUT2D eigenvalue weighted by molar-refractivity contribution is 6.30. The minimum Gasteiger partial charge on any atom is -0.371 e. The fourth-order valence-corrected chi connectivity index (χ4v) is 4.20. The lowest BCUT2D eigenvalue weighted by Crippen LogP contribution is -2.51. The minimum absolute atomic E-state index is 0.0341. The Hall–Kier alpha value is -1.39. The van der Waals surface area contributed by atoms with Gasteiger partial charge in [-0.25, -0.2) is 0 Å². The van der Waals surface area contributed by atoms with Gasteiger partial charge < -0.3 is 10.1 Å². The molecule has 0 radical (unpaired) electrons. The smallest absolute Gasteiger partial charge is 0.0945 e. The van der Waals surface area contributed by atoms with E-state index in [0.717, 1.165) is 44.2 Å². The number of nitrogens with zero attached hydrogens (tertiary/aromatic N) is 1. The summed E-state index contributed by atoms with van der Waals surface area (Å²) in [7, 11) is 0. The highest BCUT2D eigenvalue weighted by Crippen LogP contribution is 2.37. The predicted molar refractivity (Wildman–Crippen MR) is 102 cm³/mol. The summed E-state index contributed by atoms with van der Waals surface area (Å²) in [5.74, 6) is 0. The molecule has 0 aromatic heterocycles. The number of ether oxygens (including phenoxy) is 1. The lowest BCUT2D eigenvalue weighted by molar-refractivity contribution is -0.0585. The predicted octanol–water partition coefficient (Wildman–Crippen LogP) is 3.80. The van der Waals surface area contributed by atoms with Gasteiger partial charge in [-0.3, -0.25) is 4.90 Å². The summed E-state index contributed by atoms with van der Waals surface area (Å²) in [5.41, 5.74) is 3.87. The van der Waals surface area contributed by atoms with Crippen LogP contribution in [0.3, 0.4) is 0 Å². The molecule has 2 saturated heterocycles. The number of hydrogen-bond donors (Lipinski definition) is 1. The molecule has 132 valence electrons. The summed E-state index contributed by atoms with van der Waals surface area (Å²) in [6.07, 6.45) is 1.08. The molecule has 0 aliphatic carbocycles. The summed E-state index contributed by atoms with van der Waals surface area (Å²) in [5, 5.41) is 4.28. The molecule has 4 rings (SSSR count). The number of halogens is 1. The van der Waals surface area contributed by atoms with Gasteiger partial charge in [0.15, 0.2) is 0 Å². The molecule has 2 aliphatic heterocycles. The van der Waals surface area contributed by atoms with E-state index in [9.17, 15) is 0 Å². The average molecular weight is 357 g/mol. The first-order valence-electron chi connectivity index (χ1n) is 9.06. The van der Waals surface area contributed by atoms with Crippen molar-refractivity contribution in [1.82, 2.24) is 10.2 Å². The Bertz CT molecular complexity index is 662. The van der Waals surface area contributed by atoms with Crippen molar-refractivity contribution in [2.75, 3.05) is 32.8 Å². The van der Waals surface area contributed by atoms with Crippen molar-refractivity contribution < 1.29 is 4.74 Å². The van der Waals surface area contributed by atoms with Gasteiger partial charge in [-0.1, -0.05) is 53.6 Å². The van der Waals surface area contributed by atoms with Crippen molar-refractivity contribution in [2.24, 2.45) is 0 Å². The fraction of sp³-hybridized carbons (Fsp3) is 0.429. The Morgan fingerprint density at radius 1 is 1.08 bits per heavy atom. The lowest BCUT2D eigenvalue weighted by Gasteiger charge is -2.36. The van der Waals surface area contributed by atoms with E-state index in [1.54, 1.807) is 0 Å². The van der Waals surface area contributed by atoms with Crippen LogP contribution in [0, 0.1) is 6.92 Å². The second-order valence-electron chi connectivity index (χ2n) is 7.29. The molecule has 1 N–H and O–H groups in total. The Kier molecular flexibility index (Phi) is 4.83. The van der Waals surface area contributed by atoms with Crippen LogP contribution in [0.2, 0.25) is 5.02 Å². The van der Waals surface area contributed by atoms with Gasteiger partial charge in [0.05, 0.1) is 18.2 Å². The standard InChI is InChI=1S/C21H25ClN2O/c1-16-2-4-17(5-3-16)20(18-6-8-19(22)9-7-18)24-12-10-21(15-24)14-23-11-13-25-21/h2-9,20,23H,10-15H2,1H3. The molecule has 2 aliphatic rings. The van der Waals surface area contributed by atoms with Crippen molar-refractivity contribution in [3.05, 3.63) is 70.2 Å². The number of morpholine rings is 1. The summed E-state index contributed by atoms with van der Waals surface area (Å²) in [6, 6.07) is 17.4. The van der Waals surface area contributed by atoms with Crippen LogP contribution >= 0.6 is 11.6 Å². The number of hydrogen-bond acceptors (Lipinski definition) is 3. The normalized spacial score (nSPS) is 25.4. The molecule has 2 unspecified atom stereocenters. The topological polar surface area (TPSA) is 24.5 Å². The quantitative estimate of drug-likeness (QED) is 0.905. The molecule has 1 spiro atoms. The van der Waals surface area contributed by atoms with Crippen LogP contribution in [0.4, 0.5) is 0 Å². The molecule has 2 heterocycles. The van der Waals surface area contributed by atoms with Crippen LogP contribution in [-0.4, -0.2) is 43.3 Å². The zero-order valence-electron chi connectivity index (χ0n) is 14.7. The first-order valence-corrected chi connectivity index (χ1v) is 9.44. The zero-order valence-corrected chi connectivity index (χ0v) is 15.4. The van der Waals surface area contributed by atoms with Crippen LogP contribution in [0.15, 0.2) is 48.5 Å². The Balaban J connectivity index is 1.66. The third-order valence-corrected chi connectivity index (χ3v) is 5.68. The monoisotopic (exact) mass is 356 g/mol. The molecular formula is C21H25ClN2O. The Labute approximate surface area is 154 Å². The van der Waals surface area contributed by atoms with E-state index in [2.05, 4.69) is 53.5 Å². The van der Waals surface area contributed by atoms with Crippen LogP contribution in [0.25, 0.3) is 0 Å². The number of benzene rings is 2. The molecule has 4 heteroatoms. The third kappa shape index (κ3) is 3.61. The largest absolute Gasteiger partial charge is 0.371 e. The van der Waals surface area contributed by atoms with Gasteiger partial charge in [0, 0.05) is 31.2 Å². The highest BCUT2D eigenvalue weighted by atomic mass is 35.5. The van der Waals surface area contributed by atoms with Crippen LogP contribution in [0.5, 0.6) is 0 Å². The van der Waals surface area contributed by atoms with E-state index < -0.39 is 0 Å². The molecule has 2 aromatic rings. The minimum atomic E-state index is -0.0341. The van der Waals surface area contributed by atoms with E-state index in [0.29, 0.717) is 0 Å². The van der Waals surface area contributed by atoms with Gasteiger partial charge in [0.25, 0.3) is 0 Å². The first-order chi connectivity index (χ1) is 12.2. The van der Waals surface area contributed by atoms with Gasteiger partial charge in [0.2, 0.25) is 0 Å². The molecule has 0 amide bonds. The summed E-state index contributed by atoms with van der Waals surface area (Å²) in [6.45, 7) is 6.85. The van der Waals surface area contributed by atoms with E-state index >= 15 is 0 Å². The Morgan fingerprint density at radius 2 is 1.76 bits per heavy atom. The van der Waals surface area contributed by atoms with Crippen molar-refractivity contribution in [3.63, 3.8) is 0 Å². The zero-order chi connectivity index (χ0) is 17.3. The fourth-order valence-electron chi connectivity index (χ4n) is 4.07. The van der Waals surface area contributed by atoms with Crippen molar-refractivity contribution in [2.45, 2.75) is 25.0 Å².